The average molecular weight is 293 g/mol. The number of aromatic nitrogens is 3. The summed E-state index contributed by atoms with van der Waals surface area (Å²) in [4.78, 5) is 0. The number of hydrogen-bond acceptors (Lipinski definition) is 4. The van der Waals surface area contributed by atoms with Gasteiger partial charge in [0.25, 0.3) is 0 Å². The van der Waals surface area contributed by atoms with E-state index in [1.54, 1.807) is 14.2 Å². The molecule has 108 valence electrons. The van der Waals surface area contributed by atoms with Gasteiger partial charge in [-0.1, -0.05) is 13.3 Å². The first-order chi connectivity index (χ1) is 9.71. The van der Waals surface area contributed by atoms with E-state index in [1.165, 1.54) is 0 Å². The third-order valence-electron chi connectivity index (χ3n) is 3.14. The maximum Gasteiger partial charge on any atom is 0.195 e. The zero-order chi connectivity index (χ0) is 14.5. The molecule has 0 saturated carbocycles. The van der Waals surface area contributed by atoms with E-state index in [1.807, 2.05) is 22.8 Å². The molecule has 0 fully saturated rings. The molecule has 2 rings (SSSR count). The Balaban J connectivity index is 2.43. The number of ether oxygens (including phenoxy) is 2. The standard InChI is InChI=1S/C14H19N3O2S/c1-4-5-8-17-13(15-16-14(17)20)10-6-7-11(18-2)12(9-10)19-3/h6-7,9H,4-5,8H2,1-3H3,(H,16,20). The second kappa shape index (κ2) is 6.56. The average Bonchev–Trinajstić information content (AvgIpc) is 2.85. The van der Waals surface area contributed by atoms with Gasteiger partial charge in [-0.3, -0.25) is 5.10 Å². The predicted molar refractivity (Wildman–Crippen MR) is 80.9 cm³/mol. The zero-order valence-corrected chi connectivity index (χ0v) is 12.8. The van der Waals surface area contributed by atoms with Crippen LogP contribution in [0.15, 0.2) is 18.2 Å². The first-order valence-corrected chi connectivity index (χ1v) is 6.99. The van der Waals surface area contributed by atoms with E-state index < -0.39 is 0 Å². The molecule has 1 heterocycles. The fourth-order valence-electron chi connectivity index (χ4n) is 2.04. The molecule has 1 N–H and O–H groups in total. The maximum atomic E-state index is 5.33. The van der Waals surface area contributed by atoms with E-state index in [4.69, 9.17) is 21.7 Å². The first-order valence-electron chi connectivity index (χ1n) is 6.58. The summed E-state index contributed by atoms with van der Waals surface area (Å²) in [7, 11) is 3.24. The molecule has 0 aliphatic rings. The minimum atomic E-state index is 0.642. The lowest BCUT2D eigenvalue weighted by atomic mass is 10.2. The molecular weight excluding hydrogens is 274 g/mol. The van der Waals surface area contributed by atoms with Gasteiger partial charge in [0, 0.05) is 12.1 Å². The number of aromatic amines is 1. The monoisotopic (exact) mass is 293 g/mol. The van der Waals surface area contributed by atoms with Crippen LogP contribution in [0.3, 0.4) is 0 Å². The van der Waals surface area contributed by atoms with Crippen molar-refractivity contribution in [2.45, 2.75) is 26.3 Å². The summed E-state index contributed by atoms with van der Waals surface area (Å²) in [5.74, 6) is 2.20. The Labute approximate surface area is 123 Å². The van der Waals surface area contributed by atoms with Crippen molar-refractivity contribution >= 4 is 12.2 Å². The van der Waals surface area contributed by atoms with Crippen LogP contribution in [0.25, 0.3) is 11.4 Å². The summed E-state index contributed by atoms with van der Waals surface area (Å²) < 4.78 is 13.2. The second-order valence-electron chi connectivity index (χ2n) is 4.43. The van der Waals surface area contributed by atoms with E-state index in [9.17, 15) is 0 Å². The molecule has 0 spiro atoms. The number of benzene rings is 1. The largest absolute Gasteiger partial charge is 0.493 e. The Kier molecular flexibility index (Phi) is 4.79. The highest BCUT2D eigenvalue weighted by atomic mass is 32.1. The van der Waals surface area contributed by atoms with Gasteiger partial charge in [-0.2, -0.15) is 5.10 Å². The van der Waals surface area contributed by atoms with Gasteiger partial charge in [0.2, 0.25) is 0 Å². The third kappa shape index (κ3) is 2.85. The van der Waals surface area contributed by atoms with E-state index in [0.29, 0.717) is 16.3 Å². The lowest BCUT2D eigenvalue weighted by Gasteiger charge is -2.10. The Morgan fingerprint density at radius 2 is 2.00 bits per heavy atom. The van der Waals surface area contributed by atoms with Crippen LogP contribution in [-0.2, 0) is 6.54 Å². The highest BCUT2D eigenvalue weighted by Crippen LogP contribution is 2.31. The summed E-state index contributed by atoms with van der Waals surface area (Å²) in [6.45, 7) is 3.01. The van der Waals surface area contributed by atoms with Gasteiger partial charge >= 0.3 is 0 Å². The molecule has 5 nitrogen and oxygen atoms in total. The number of unbranched alkanes of at least 4 members (excludes halogenated alkanes) is 1. The molecule has 0 aliphatic heterocycles. The topological polar surface area (TPSA) is 52.1 Å². The molecule has 2 aromatic rings. The number of rotatable bonds is 6. The second-order valence-corrected chi connectivity index (χ2v) is 4.81. The molecule has 0 radical (unpaired) electrons. The van der Waals surface area contributed by atoms with Crippen molar-refractivity contribution in [2.75, 3.05) is 14.2 Å². The van der Waals surface area contributed by atoms with Crippen molar-refractivity contribution < 1.29 is 9.47 Å². The van der Waals surface area contributed by atoms with E-state index in [0.717, 1.165) is 30.8 Å². The first kappa shape index (κ1) is 14.6. The van der Waals surface area contributed by atoms with Crippen LogP contribution in [0.2, 0.25) is 0 Å². The van der Waals surface area contributed by atoms with Crippen molar-refractivity contribution in [2.24, 2.45) is 0 Å². The highest BCUT2D eigenvalue weighted by molar-refractivity contribution is 7.71. The van der Waals surface area contributed by atoms with Crippen molar-refractivity contribution in [1.82, 2.24) is 14.8 Å². The van der Waals surface area contributed by atoms with Gasteiger partial charge in [-0.05, 0) is 36.8 Å². The zero-order valence-electron chi connectivity index (χ0n) is 12.0. The number of hydrogen-bond donors (Lipinski definition) is 1. The van der Waals surface area contributed by atoms with Crippen LogP contribution in [-0.4, -0.2) is 29.0 Å². The van der Waals surface area contributed by atoms with E-state index in [2.05, 4.69) is 17.1 Å². The molecule has 20 heavy (non-hydrogen) atoms. The summed E-state index contributed by atoms with van der Waals surface area (Å²) in [5, 5.41) is 7.17. The molecular formula is C14H19N3O2S. The molecule has 0 bridgehead atoms. The fraction of sp³-hybridized carbons (Fsp3) is 0.429. The van der Waals surface area contributed by atoms with Crippen LogP contribution in [0.4, 0.5) is 0 Å². The lowest BCUT2D eigenvalue weighted by Crippen LogP contribution is -2.01. The Morgan fingerprint density at radius 3 is 2.65 bits per heavy atom. The molecule has 0 atom stereocenters. The van der Waals surface area contributed by atoms with Crippen molar-refractivity contribution in [1.29, 1.82) is 0 Å². The molecule has 0 aliphatic carbocycles. The van der Waals surface area contributed by atoms with Crippen molar-refractivity contribution in [3.63, 3.8) is 0 Å². The van der Waals surface area contributed by atoms with Gasteiger partial charge in [0.15, 0.2) is 22.1 Å². The SMILES string of the molecule is CCCCn1c(-c2ccc(OC)c(OC)c2)n[nH]c1=S. The van der Waals surface area contributed by atoms with Crippen LogP contribution >= 0.6 is 12.2 Å². The lowest BCUT2D eigenvalue weighted by molar-refractivity contribution is 0.355. The van der Waals surface area contributed by atoms with Gasteiger partial charge in [0.05, 0.1) is 14.2 Å². The molecule has 1 aromatic heterocycles. The summed E-state index contributed by atoms with van der Waals surface area (Å²) in [5.41, 5.74) is 0.950. The minimum absolute atomic E-state index is 0.642. The molecule has 1 aromatic carbocycles. The Bertz CT molecular complexity index is 634. The van der Waals surface area contributed by atoms with Crippen LogP contribution in [0.5, 0.6) is 11.5 Å². The summed E-state index contributed by atoms with van der Waals surface area (Å²) in [6.07, 6.45) is 2.17. The maximum absolute atomic E-state index is 5.33. The minimum Gasteiger partial charge on any atom is -0.493 e. The summed E-state index contributed by atoms with van der Waals surface area (Å²) >= 11 is 5.29. The van der Waals surface area contributed by atoms with Gasteiger partial charge in [0.1, 0.15) is 0 Å². The van der Waals surface area contributed by atoms with Gasteiger partial charge in [-0.15, -0.1) is 0 Å². The Hall–Kier alpha value is -1.82. The van der Waals surface area contributed by atoms with Crippen LogP contribution in [0, 0.1) is 4.77 Å². The summed E-state index contributed by atoms with van der Waals surface area (Å²) in [6, 6.07) is 5.73. The van der Waals surface area contributed by atoms with Crippen LogP contribution in [0.1, 0.15) is 19.8 Å². The van der Waals surface area contributed by atoms with Crippen molar-refractivity contribution in [3.8, 4) is 22.9 Å². The number of methoxy groups -OCH3 is 2. The molecule has 6 heteroatoms. The smallest absolute Gasteiger partial charge is 0.195 e. The number of nitrogens with one attached hydrogen (secondary N) is 1. The van der Waals surface area contributed by atoms with E-state index >= 15 is 0 Å². The molecule has 0 amide bonds. The number of nitrogens with zero attached hydrogens (tertiary/aromatic N) is 2. The highest BCUT2D eigenvalue weighted by Gasteiger charge is 2.12. The van der Waals surface area contributed by atoms with Gasteiger partial charge < -0.3 is 14.0 Å². The third-order valence-corrected chi connectivity index (χ3v) is 3.45. The quantitative estimate of drug-likeness (QED) is 0.829. The predicted octanol–water partition coefficient (Wildman–Crippen LogP) is 3.42. The molecule has 0 unspecified atom stereocenters. The van der Waals surface area contributed by atoms with Crippen LogP contribution < -0.4 is 9.47 Å². The van der Waals surface area contributed by atoms with Gasteiger partial charge in [-0.25, -0.2) is 0 Å². The molecule has 0 saturated heterocycles. The Morgan fingerprint density at radius 1 is 1.25 bits per heavy atom. The van der Waals surface area contributed by atoms with Crippen molar-refractivity contribution in [3.05, 3.63) is 23.0 Å². The fourth-order valence-corrected chi connectivity index (χ4v) is 2.26. The normalized spacial score (nSPS) is 10.6. The van der Waals surface area contributed by atoms with E-state index in [-0.39, 0.29) is 0 Å². The number of H-pyrrole nitrogens is 1.